The van der Waals surface area contributed by atoms with Gasteiger partial charge < -0.3 is 15.5 Å². The van der Waals surface area contributed by atoms with Crippen LogP contribution < -0.4 is 10.6 Å². The van der Waals surface area contributed by atoms with E-state index in [-0.39, 0.29) is 0 Å². The largest absolute Gasteiger partial charge is 0.368 e. The molecule has 2 rings (SSSR count). The van der Waals surface area contributed by atoms with Gasteiger partial charge in [-0.3, -0.25) is 0 Å². The molecule has 0 aliphatic rings. The van der Waals surface area contributed by atoms with Crippen molar-refractivity contribution in [2.24, 2.45) is 0 Å². The van der Waals surface area contributed by atoms with Gasteiger partial charge in [0.2, 0.25) is 5.95 Å². The lowest BCUT2D eigenvalue weighted by Crippen LogP contribution is -2.22. The summed E-state index contributed by atoms with van der Waals surface area (Å²) in [4.78, 5) is 11.3. The van der Waals surface area contributed by atoms with Crippen LogP contribution in [-0.2, 0) is 0 Å². The average molecular weight is 299 g/mol. The second-order valence-corrected chi connectivity index (χ2v) is 5.86. The number of likely N-dealkylation sites (N-methyl/N-ethyl adjacent to an activating group) is 1. The topological polar surface area (TPSA) is 53.1 Å². The molecule has 0 spiro atoms. The molecule has 0 aliphatic carbocycles. The predicted octanol–water partition coefficient (Wildman–Crippen LogP) is 2.94. The molecule has 2 aromatic rings. The second kappa shape index (κ2) is 7.75. The molecular formula is C17H25N5. The Balaban J connectivity index is 2.24. The lowest BCUT2D eigenvalue weighted by atomic mass is 10.1. The average Bonchev–Trinajstić information content (AvgIpc) is 2.47. The zero-order chi connectivity index (χ0) is 15.9. The van der Waals surface area contributed by atoms with Crippen LogP contribution in [0.15, 0.2) is 36.4 Å². The summed E-state index contributed by atoms with van der Waals surface area (Å²) in [6.07, 6.45) is 0. The number of anilines is 2. The Bertz CT molecular complexity index is 581. The molecule has 0 saturated carbocycles. The molecule has 0 saturated heterocycles. The summed E-state index contributed by atoms with van der Waals surface area (Å²) in [5, 5.41) is 6.65. The van der Waals surface area contributed by atoms with Crippen molar-refractivity contribution < 1.29 is 0 Å². The van der Waals surface area contributed by atoms with Crippen molar-refractivity contribution in [3.05, 3.63) is 36.4 Å². The zero-order valence-electron chi connectivity index (χ0n) is 13.8. The third kappa shape index (κ3) is 5.00. The van der Waals surface area contributed by atoms with E-state index < -0.39 is 0 Å². The van der Waals surface area contributed by atoms with Crippen molar-refractivity contribution in [2.45, 2.75) is 19.9 Å². The van der Waals surface area contributed by atoms with Gasteiger partial charge in [-0.1, -0.05) is 30.3 Å². The summed E-state index contributed by atoms with van der Waals surface area (Å²) >= 11 is 0. The number of nitrogens with one attached hydrogen (secondary N) is 2. The summed E-state index contributed by atoms with van der Waals surface area (Å²) in [6, 6.07) is 12.5. The van der Waals surface area contributed by atoms with E-state index in [1.165, 1.54) is 0 Å². The Morgan fingerprint density at radius 2 is 1.82 bits per heavy atom. The van der Waals surface area contributed by atoms with Crippen molar-refractivity contribution in [3.63, 3.8) is 0 Å². The normalized spacial score (nSPS) is 11.0. The molecule has 0 atom stereocenters. The summed E-state index contributed by atoms with van der Waals surface area (Å²) < 4.78 is 0. The van der Waals surface area contributed by atoms with Crippen LogP contribution in [-0.4, -0.2) is 48.1 Å². The Morgan fingerprint density at radius 1 is 1.09 bits per heavy atom. The lowest BCUT2D eigenvalue weighted by Gasteiger charge is -2.14. The molecule has 0 aliphatic heterocycles. The highest BCUT2D eigenvalue weighted by molar-refractivity contribution is 5.64. The van der Waals surface area contributed by atoms with Crippen molar-refractivity contribution in [1.29, 1.82) is 0 Å². The van der Waals surface area contributed by atoms with Crippen molar-refractivity contribution in [2.75, 3.05) is 37.8 Å². The third-order valence-electron chi connectivity index (χ3n) is 3.07. The van der Waals surface area contributed by atoms with Gasteiger partial charge in [0, 0.05) is 30.8 Å². The fourth-order valence-corrected chi connectivity index (χ4v) is 2.04. The summed E-state index contributed by atoms with van der Waals surface area (Å²) in [5.74, 6) is 1.50. The van der Waals surface area contributed by atoms with E-state index in [4.69, 9.17) is 0 Å². The summed E-state index contributed by atoms with van der Waals surface area (Å²) in [5.41, 5.74) is 2.01. The molecule has 1 aromatic carbocycles. The first-order chi connectivity index (χ1) is 10.5. The molecule has 22 heavy (non-hydrogen) atoms. The Hall–Kier alpha value is -2.14. The molecule has 0 amide bonds. The van der Waals surface area contributed by atoms with Gasteiger partial charge in [-0.15, -0.1) is 0 Å². The molecule has 0 radical (unpaired) electrons. The Labute approximate surface area is 132 Å². The number of hydrogen-bond acceptors (Lipinski definition) is 5. The van der Waals surface area contributed by atoms with E-state index in [0.717, 1.165) is 30.2 Å². The Morgan fingerprint density at radius 3 is 2.45 bits per heavy atom. The number of aromatic nitrogens is 2. The van der Waals surface area contributed by atoms with Gasteiger partial charge in [0.15, 0.2) is 0 Å². The van der Waals surface area contributed by atoms with Crippen molar-refractivity contribution in [1.82, 2.24) is 14.9 Å². The molecule has 1 heterocycles. The molecule has 1 aromatic heterocycles. The fraction of sp³-hybridized carbons (Fsp3) is 0.412. The smallest absolute Gasteiger partial charge is 0.225 e. The quantitative estimate of drug-likeness (QED) is 0.823. The molecule has 0 unspecified atom stereocenters. The maximum absolute atomic E-state index is 4.63. The van der Waals surface area contributed by atoms with Gasteiger partial charge in [-0.25, -0.2) is 4.98 Å². The van der Waals surface area contributed by atoms with Gasteiger partial charge in [-0.2, -0.15) is 4.98 Å². The highest BCUT2D eigenvalue weighted by atomic mass is 15.2. The van der Waals surface area contributed by atoms with Crippen LogP contribution in [0.3, 0.4) is 0 Å². The second-order valence-electron chi connectivity index (χ2n) is 5.86. The van der Waals surface area contributed by atoms with E-state index in [0.29, 0.717) is 12.0 Å². The van der Waals surface area contributed by atoms with E-state index in [1.807, 2.05) is 24.3 Å². The van der Waals surface area contributed by atoms with Gasteiger partial charge in [0.25, 0.3) is 0 Å². The maximum Gasteiger partial charge on any atom is 0.225 e. The lowest BCUT2D eigenvalue weighted by molar-refractivity contribution is 0.425. The summed E-state index contributed by atoms with van der Waals surface area (Å²) in [6.45, 7) is 5.95. The predicted molar refractivity (Wildman–Crippen MR) is 93.3 cm³/mol. The molecule has 5 heteroatoms. The SMILES string of the molecule is CC(C)Nc1cc(-c2ccccc2)nc(NCCN(C)C)n1. The van der Waals surface area contributed by atoms with Crippen molar-refractivity contribution >= 4 is 11.8 Å². The number of nitrogens with zero attached hydrogens (tertiary/aromatic N) is 3. The van der Waals surface area contributed by atoms with E-state index in [9.17, 15) is 0 Å². The number of rotatable bonds is 7. The van der Waals surface area contributed by atoms with Gasteiger partial charge >= 0.3 is 0 Å². The maximum atomic E-state index is 4.63. The van der Waals surface area contributed by atoms with E-state index in [2.05, 4.69) is 65.6 Å². The van der Waals surface area contributed by atoms with Crippen LogP contribution >= 0.6 is 0 Å². The Kier molecular flexibility index (Phi) is 5.72. The van der Waals surface area contributed by atoms with Gasteiger partial charge in [0.1, 0.15) is 5.82 Å². The molecule has 0 fully saturated rings. The monoisotopic (exact) mass is 299 g/mol. The van der Waals surface area contributed by atoms with Crippen LogP contribution in [0.4, 0.5) is 11.8 Å². The minimum Gasteiger partial charge on any atom is -0.368 e. The van der Waals surface area contributed by atoms with Crippen LogP contribution in [0.25, 0.3) is 11.3 Å². The minimum absolute atomic E-state index is 0.327. The third-order valence-corrected chi connectivity index (χ3v) is 3.07. The number of hydrogen-bond donors (Lipinski definition) is 2. The molecule has 5 nitrogen and oxygen atoms in total. The van der Waals surface area contributed by atoms with Crippen LogP contribution in [0.2, 0.25) is 0 Å². The van der Waals surface area contributed by atoms with Crippen LogP contribution in [0, 0.1) is 0 Å². The van der Waals surface area contributed by atoms with Crippen molar-refractivity contribution in [3.8, 4) is 11.3 Å². The zero-order valence-corrected chi connectivity index (χ0v) is 13.8. The highest BCUT2D eigenvalue weighted by Crippen LogP contribution is 2.21. The first-order valence-electron chi connectivity index (χ1n) is 7.64. The molecule has 2 N–H and O–H groups in total. The summed E-state index contributed by atoms with van der Waals surface area (Å²) in [7, 11) is 4.10. The first-order valence-corrected chi connectivity index (χ1v) is 7.64. The fourth-order valence-electron chi connectivity index (χ4n) is 2.04. The number of benzene rings is 1. The highest BCUT2D eigenvalue weighted by Gasteiger charge is 2.07. The van der Waals surface area contributed by atoms with Crippen LogP contribution in [0.1, 0.15) is 13.8 Å². The first kappa shape index (κ1) is 16.2. The molecule has 118 valence electrons. The van der Waals surface area contributed by atoms with Gasteiger partial charge in [0.05, 0.1) is 5.69 Å². The van der Waals surface area contributed by atoms with Gasteiger partial charge in [-0.05, 0) is 27.9 Å². The van der Waals surface area contributed by atoms with E-state index >= 15 is 0 Å². The standard InChI is InChI=1S/C17H25N5/c1-13(2)19-16-12-15(14-8-6-5-7-9-14)20-17(21-16)18-10-11-22(3)4/h5-9,12-13H,10-11H2,1-4H3,(H2,18,19,20,21). The minimum atomic E-state index is 0.327. The molecular weight excluding hydrogens is 274 g/mol. The van der Waals surface area contributed by atoms with E-state index in [1.54, 1.807) is 0 Å². The molecule has 0 bridgehead atoms. The van der Waals surface area contributed by atoms with Crippen LogP contribution in [0.5, 0.6) is 0 Å².